The third kappa shape index (κ3) is 4.33. The van der Waals surface area contributed by atoms with Gasteiger partial charge < -0.3 is 5.32 Å². The van der Waals surface area contributed by atoms with Gasteiger partial charge in [0.15, 0.2) is 0 Å². The van der Waals surface area contributed by atoms with Crippen LogP contribution in [0.4, 0.5) is 0 Å². The molecule has 0 unspecified atom stereocenters. The molecule has 4 nitrogen and oxygen atoms in total. The summed E-state index contributed by atoms with van der Waals surface area (Å²) in [6.07, 6.45) is 5.94. The van der Waals surface area contributed by atoms with E-state index in [-0.39, 0.29) is 5.91 Å². The molecule has 0 bridgehead atoms. The van der Waals surface area contributed by atoms with Crippen molar-refractivity contribution < 1.29 is 4.79 Å². The Morgan fingerprint density at radius 1 is 1.30 bits per heavy atom. The summed E-state index contributed by atoms with van der Waals surface area (Å²) in [7, 11) is 0. The first kappa shape index (κ1) is 18.4. The van der Waals surface area contributed by atoms with Crippen molar-refractivity contribution in [2.75, 3.05) is 12.3 Å². The standard InChI is InChI=1S/C21H23N3OS2/c1-14-7-8-16-17(11-14)27-21-19(16)20(23-13-24-21)26-12-18(25)22-10-9-15-5-3-2-4-6-15/h2-6,13-14H,7-12H2,1H3,(H,22,25)/t14-/m0/s1. The Morgan fingerprint density at radius 3 is 3.00 bits per heavy atom. The molecule has 2 heterocycles. The van der Waals surface area contributed by atoms with Gasteiger partial charge in [-0.05, 0) is 42.7 Å². The van der Waals surface area contributed by atoms with E-state index in [2.05, 4.69) is 34.3 Å². The average Bonchev–Trinajstić information content (AvgIpc) is 3.05. The van der Waals surface area contributed by atoms with Crippen LogP contribution in [0, 0.1) is 5.92 Å². The Hall–Kier alpha value is -1.92. The second kappa shape index (κ2) is 8.40. The van der Waals surface area contributed by atoms with Gasteiger partial charge in [-0.1, -0.05) is 49.0 Å². The van der Waals surface area contributed by atoms with Crippen molar-refractivity contribution in [3.05, 3.63) is 52.7 Å². The quantitative estimate of drug-likeness (QED) is 0.499. The van der Waals surface area contributed by atoms with Crippen molar-refractivity contribution in [2.24, 2.45) is 5.92 Å². The molecule has 1 aromatic carbocycles. The van der Waals surface area contributed by atoms with Crippen LogP contribution in [-0.4, -0.2) is 28.2 Å². The Bertz CT molecular complexity index is 939. The van der Waals surface area contributed by atoms with Crippen molar-refractivity contribution in [1.29, 1.82) is 0 Å². The zero-order valence-corrected chi connectivity index (χ0v) is 17.0. The van der Waals surface area contributed by atoms with E-state index in [0.717, 1.165) is 35.0 Å². The maximum atomic E-state index is 12.2. The number of rotatable bonds is 6. The van der Waals surface area contributed by atoms with E-state index in [1.807, 2.05) is 18.2 Å². The number of hydrogen-bond acceptors (Lipinski definition) is 5. The summed E-state index contributed by atoms with van der Waals surface area (Å²) >= 11 is 3.32. The summed E-state index contributed by atoms with van der Waals surface area (Å²) in [5, 5.41) is 5.15. The summed E-state index contributed by atoms with van der Waals surface area (Å²) < 4.78 is 0. The third-order valence-electron chi connectivity index (χ3n) is 4.98. The summed E-state index contributed by atoms with van der Waals surface area (Å²) in [6.45, 7) is 2.97. The molecule has 0 saturated carbocycles. The van der Waals surface area contributed by atoms with Crippen molar-refractivity contribution in [3.63, 3.8) is 0 Å². The lowest BCUT2D eigenvalue weighted by Gasteiger charge is -2.18. The van der Waals surface area contributed by atoms with Crippen molar-refractivity contribution in [3.8, 4) is 0 Å². The third-order valence-corrected chi connectivity index (χ3v) is 7.13. The highest BCUT2D eigenvalue weighted by molar-refractivity contribution is 8.00. The minimum atomic E-state index is 0.0559. The molecular formula is C21H23N3OS2. The topological polar surface area (TPSA) is 54.9 Å². The van der Waals surface area contributed by atoms with Gasteiger partial charge in [0, 0.05) is 16.8 Å². The molecule has 1 amide bonds. The van der Waals surface area contributed by atoms with Gasteiger partial charge in [0.1, 0.15) is 16.2 Å². The predicted octanol–water partition coefficient (Wildman–Crippen LogP) is 4.27. The van der Waals surface area contributed by atoms with Crippen LogP contribution in [0.1, 0.15) is 29.3 Å². The van der Waals surface area contributed by atoms with Gasteiger partial charge >= 0.3 is 0 Å². The van der Waals surface area contributed by atoms with Gasteiger partial charge in [0.25, 0.3) is 0 Å². The van der Waals surface area contributed by atoms with Crippen LogP contribution in [0.15, 0.2) is 41.7 Å². The van der Waals surface area contributed by atoms with Crippen molar-refractivity contribution in [2.45, 2.75) is 37.6 Å². The molecule has 0 saturated heterocycles. The Morgan fingerprint density at radius 2 is 2.15 bits per heavy atom. The van der Waals surface area contributed by atoms with Crippen LogP contribution in [0.3, 0.4) is 0 Å². The van der Waals surface area contributed by atoms with Crippen LogP contribution >= 0.6 is 23.1 Å². The summed E-state index contributed by atoms with van der Waals surface area (Å²) in [5.74, 6) is 1.19. The number of fused-ring (bicyclic) bond motifs is 3. The summed E-state index contributed by atoms with van der Waals surface area (Å²) in [4.78, 5) is 23.7. The zero-order valence-electron chi connectivity index (χ0n) is 15.4. The number of aromatic nitrogens is 2. The number of carbonyl (C=O) groups is 1. The van der Waals surface area contributed by atoms with Crippen LogP contribution in [0.5, 0.6) is 0 Å². The lowest BCUT2D eigenvalue weighted by molar-refractivity contribution is -0.118. The first-order valence-corrected chi connectivity index (χ1v) is 11.2. The van der Waals surface area contributed by atoms with Gasteiger partial charge in [0.05, 0.1) is 5.75 Å². The molecule has 27 heavy (non-hydrogen) atoms. The second-order valence-electron chi connectivity index (χ2n) is 7.08. The molecule has 3 aromatic rings. The molecule has 2 aromatic heterocycles. The van der Waals surface area contributed by atoms with Crippen LogP contribution in [-0.2, 0) is 24.1 Å². The maximum absolute atomic E-state index is 12.2. The number of hydrogen-bond donors (Lipinski definition) is 1. The molecule has 0 fully saturated rings. The number of amides is 1. The number of thiophene rings is 1. The first-order chi connectivity index (χ1) is 13.2. The number of benzene rings is 1. The normalized spacial score (nSPS) is 16.3. The average molecular weight is 398 g/mol. The Balaban J connectivity index is 1.38. The minimum absolute atomic E-state index is 0.0559. The van der Waals surface area contributed by atoms with Gasteiger partial charge in [-0.25, -0.2) is 9.97 Å². The molecule has 4 rings (SSSR count). The van der Waals surface area contributed by atoms with E-state index in [1.165, 1.54) is 39.6 Å². The molecule has 1 aliphatic carbocycles. The van der Waals surface area contributed by atoms with Gasteiger partial charge in [0.2, 0.25) is 5.91 Å². The molecule has 1 atom stereocenters. The minimum Gasteiger partial charge on any atom is -0.355 e. The molecule has 1 aliphatic rings. The first-order valence-electron chi connectivity index (χ1n) is 9.39. The zero-order chi connectivity index (χ0) is 18.6. The van der Waals surface area contributed by atoms with E-state index in [1.54, 1.807) is 17.7 Å². The number of carbonyl (C=O) groups excluding carboxylic acids is 1. The maximum Gasteiger partial charge on any atom is 0.230 e. The van der Waals surface area contributed by atoms with Crippen LogP contribution in [0.2, 0.25) is 0 Å². The van der Waals surface area contributed by atoms with Crippen molar-refractivity contribution >= 4 is 39.2 Å². The lowest BCUT2D eigenvalue weighted by Crippen LogP contribution is -2.27. The fourth-order valence-corrected chi connectivity index (χ4v) is 5.80. The molecule has 1 N–H and O–H groups in total. The fourth-order valence-electron chi connectivity index (χ4n) is 3.53. The molecule has 0 aliphatic heterocycles. The molecule has 6 heteroatoms. The van der Waals surface area contributed by atoms with E-state index in [0.29, 0.717) is 12.3 Å². The number of nitrogens with one attached hydrogen (secondary N) is 1. The number of thioether (sulfide) groups is 1. The smallest absolute Gasteiger partial charge is 0.230 e. The van der Waals surface area contributed by atoms with E-state index >= 15 is 0 Å². The van der Waals surface area contributed by atoms with Crippen LogP contribution < -0.4 is 5.32 Å². The Kier molecular flexibility index (Phi) is 5.74. The summed E-state index contributed by atoms with van der Waals surface area (Å²) in [5.41, 5.74) is 2.66. The molecular weight excluding hydrogens is 374 g/mol. The number of nitrogens with zero attached hydrogens (tertiary/aromatic N) is 2. The van der Waals surface area contributed by atoms with Crippen molar-refractivity contribution in [1.82, 2.24) is 15.3 Å². The van der Waals surface area contributed by atoms with Gasteiger partial charge in [-0.15, -0.1) is 11.3 Å². The summed E-state index contributed by atoms with van der Waals surface area (Å²) in [6, 6.07) is 10.2. The molecule has 0 spiro atoms. The Labute approximate surface area is 167 Å². The molecule has 140 valence electrons. The van der Waals surface area contributed by atoms with Gasteiger partial charge in [-0.3, -0.25) is 4.79 Å². The largest absolute Gasteiger partial charge is 0.355 e. The van der Waals surface area contributed by atoms with Gasteiger partial charge in [-0.2, -0.15) is 0 Å². The highest BCUT2D eigenvalue weighted by Crippen LogP contribution is 2.40. The highest BCUT2D eigenvalue weighted by atomic mass is 32.2. The van der Waals surface area contributed by atoms with Crippen LogP contribution in [0.25, 0.3) is 10.2 Å². The van der Waals surface area contributed by atoms with E-state index in [4.69, 9.17) is 0 Å². The SMILES string of the molecule is C[C@H]1CCc2c(sc3ncnc(SCC(=O)NCCc4ccccc4)c23)C1. The number of aryl methyl sites for hydroxylation is 1. The van der Waals surface area contributed by atoms with E-state index < -0.39 is 0 Å². The van der Waals surface area contributed by atoms with E-state index in [9.17, 15) is 4.79 Å². The predicted molar refractivity (Wildman–Crippen MR) is 112 cm³/mol. The highest BCUT2D eigenvalue weighted by Gasteiger charge is 2.23. The lowest BCUT2D eigenvalue weighted by atomic mass is 9.89. The second-order valence-corrected chi connectivity index (χ2v) is 9.13. The molecule has 0 radical (unpaired) electrons. The fraction of sp³-hybridized carbons (Fsp3) is 0.381. The monoisotopic (exact) mass is 397 g/mol.